The second-order valence-corrected chi connectivity index (χ2v) is 5.85. The molecule has 0 aliphatic rings. The van der Waals surface area contributed by atoms with Gasteiger partial charge in [0, 0.05) is 11.7 Å². The van der Waals surface area contributed by atoms with Gasteiger partial charge >= 0.3 is 0 Å². The van der Waals surface area contributed by atoms with E-state index in [1.54, 1.807) is 0 Å². The van der Waals surface area contributed by atoms with Crippen molar-refractivity contribution in [2.24, 2.45) is 0 Å². The third-order valence-electron chi connectivity index (χ3n) is 3.21. The quantitative estimate of drug-likeness (QED) is 0.749. The Bertz CT molecular complexity index is 624. The molecule has 1 atom stereocenters. The van der Waals surface area contributed by atoms with Gasteiger partial charge in [-0.2, -0.15) is 5.26 Å². The maximum Gasteiger partial charge on any atom is 0.195 e. The van der Waals surface area contributed by atoms with E-state index in [0.29, 0.717) is 11.0 Å². The molecule has 0 aliphatic heterocycles. The smallest absolute Gasteiger partial charge is 0.195 e. The summed E-state index contributed by atoms with van der Waals surface area (Å²) in [5, 5.41) is 13.0. The van der Waals surface area contributed by atoms with Crippen molar-refractivity contribution >= 4 is 27.2 Å². The molecule has 0 saturated heterocycles. The van der Waals surface area contributed by atoms with Crippen LogP contribution in [0.5, 0.6) is 0 Å². The van der Waals surface area contributed by atoms with E-state index in [4.69, 9.17) is 5.26 Å². The highest BCUT2D eigenvalue weighted by Crippen LogP contribution is 2.25. The number of nitrogens with zero attached hydrogens (tertiary/aromatic N) is 2. The van der Waals surface area contributed by atoms with Crippen molar-refractivity contribution in [1.82, 2.24) is 4.98 Å². The lowest BCUT2D eigenvalue weighted by Gasteiger charge is -2.18. The highest BCUT2D eigenvalue weighted by Gasteiger charge is 2.08. The molecule has 0 radical (unpaired) electrons. The lowest BCUT2D eigenvalue weighted by atomic mass is 10.1. The van der Waals surface area contributed by atoms with Crippen LogP contribution in [0.2, 0.25) is 0 Å². The first-order chi connectivity index (χ1) is 9.76. The molecule has 20 heavy (non-hydrogen) atoms. The number of benzene rings is 1. The SMILES string of the molecule is C=CCC(CCCC)Nc1ccc2sc(C#N)nc2c1. The minimum Gasteiger partial charge on any atom is -0.382 e. The van der Waals surface area contributed by atoms with Crippen LogP contribution in [0.3, 0.4) is 0 Å². The lowest BCUT2D eigenvalue weighted by molar-refractivity contribution is 0.613. The van der Waals surface area contributed by atoms with Crippen LogP contribution in [0.1, 0.15) is 37.6 Å². The number of anilines is 1. The Balaban J connectivity index is 2.14. The van der Waals surface area contributed by atoms with Gasteiger partial charge in [0.15, 0.2) is 5.01 Å². The summed E-state index contributed by atoms with van der Waals surface area (Å²) in [4.78, 5) is 4.30. The van der Waals surface area contributed by atoms with E-state index in [9.17, 15) is 0 Å². The summed E-state index contributed by atoms with van der Waals surface area (Å²) in [5.74, 6) is 0. The fraction of sp³-hybridized carbons (Fsp3) is 0.375. The summed E-state index contributed by atoms with van der Waals surface area (Å²) in [6.07, 6.45) is 6.47. The maximum atomic E-state index is 8.89. The summed E-state index contributed by atoms with van der Waals surface area (Å²) >= 11 is 1.43. The number of nitriles is 1. The van der Waals surface area contributed by atoms with Crippen LogP contribution in [0.4, 0.5) is 5.69 Å². The molecule has 0 spiro atoms. The van der Waals surface area contributed by atoms with Gasteiger partial charge in [0.1, 0.15) is 6.07 Å². The van der Waals surface area contributed by atoms with E-state index < -0.39 is 0 Å². The fourth-order valence-corrected chi connectivity index (χ4v) is 2.94. The van der Waals surface area contributed by atoms with Gasteiger partial charge in [-0.15, -0.1) is 17.9 Å². The van der Waals surface area contributed by atoms with Gasteiger partial charge in [-0.25, -0.2) is 4.98 Å². The third-order valence-corrected chi connectivity index (χ3v) is 4.15. The minimum atomic E-state index is 0.416. The normalized spacial score (nSPS) is 12.0. The molecule has 0 fully saturated rings. The molecule has 0 aliphatic carbocycles. The van der Waals surface area contributed by atoms with Crippen LogP contribution >= 0.6 is 11.3 Å². The molecule has 4 heteroatoms. The molecule has 0 saturated carbocycles. The minimum absolute atomic E-state index is 0.416. The number of nitrogens with one attached hydrogen (secondary N) is 1. The van der Waals surface area contributed by atoms with Crippen LogP contribution in [0, 0.1) is 11.3 Å². The van der Waals surface area contributed by atoms with Crippen LogP contribution in [0.15, 0.2) is 30.9 Å². The second-order valence-electron chi connectivity index (χ2n) is 4.82. The van der Waals surface area contributed by atoms with Crippen molar-refractivity contribution in [1.29, 1.82) is 5.26 Å². The molecule has 1 heterocycles. The first-order valence-corrected chi connectivity index (χ1v) is 7.76. The third kappa shape index (κ3) is 3.58. The second kappa shape index (κ2) is 7.06. The van der Waals surface area contributed by atoms with E-state index in [2.05, 4.69) is 35.9 Å². The number of fused-ring (bicyclic) bond motifs is 1. The Morgan fingerprint density at radius 3 is 3.10 bits per heavy atom. The topological polar surface area (TPSA) is 48.7 Å². The van der Waals surface area contributed by atoms with Gasteiger partial charge in [0.25, 0.3) is 0 Å². The molecular formula is C16H19N3S. The summed E-state index contributed by atoms with van der Waals surface area (Å²) < 4.78 is 1.06. The van der Waals surface area contributed by atoms with Gasteiger partial charge in [0.2, 0.25) is 0 Å². The number of thiazole rings is 1. The van der Waals surface area contributed by atoms with Crippen LogP contribution in [0.25, 0.3) is 10.2 Å². The molecular weight excluding hydrogens is 266 g/mol. The van der Waals surface area contributed by atoms with Crippen LogP contribution < -0.4 is 5.32 Å². The number of rotatable bonds is 7. The molecule has 0 bridgehead atoms. The van der Waals surface area contributed by atoms with Crippen molar-refractivity contribution < 1.29 is 0 Å². The number of aromatic nitrogens is 1. The van der Waals surface area contributed by atoms with Gasteiger partial charge in [-0.3, -0.25) is 0 Å². The van der Waals surface area contributed by atoms with E-state index >= 15 is 0 Å². The number of unbranched alkanes of at least 4 members (excludes halogenated alkanes) is 1. The van der Waals surface area contributed by atoms with Gasteiger partial charge in [0.05, 0.1) is 10.2 Å². The maximum absolute atomic E-state index is 8.89. The molecule has 1 aromatic heterocycles. The van der Waals surface area contributed by atoms with Gasteiger partial charge < -0.3 is 5.32 Å². The highest BCUT2D eigenvalue weighted by atomic mass is 32.1. The molecule has 1 N–H and O–H groups in total. The van der Waals surface area contributed by atoms with E-state index in [0.717, 1.165) is 28.7 Å². The van der Waals surface area contributed by atoms with E-state index in [-0.39, 0.29) is 0 Å². The first-order valence-electron chi connectivity index (χ1n) is 6.95. The van der Waals surface area contributed by atoms with Crippen LogP contribution in [-0.2, 0) is 0 Å². The molecule has 2 rings (SSSR count). The zero-order chi connectivity index (χ0) is 14.4. The number of hydrogen-bond acceptors (Lipinski definition) is 4. The predicted molar refractivity (Wildman–Crippen MR) is 86.1 cm³/mol. The fourth-order valence-electron chi connectivity index (χ4n) is 2.20. The Morgan fingerprint density at radius 2 is 2.40 bits per heavy atom. The Hall–Kier alpha value is -1.86. The standard InChI is InChI=1S/C16H19N3S/c1-3-5-7-12(6-4-2)18-13-8-9-15-14(10-13)19-16(11-17)20-15/h4,8-10,12,18H,2-3,5-7H2,1H3. The van der Waals surface area contributed by atoms with Crippen molar-refractivity contribution in [3.8, 4) is 6.07 Å². The van der Waals surface area contributed by atoms with Gasteiger partial charge in [-0.05, 0) is 31.0 Å². The molecule has 0 amide bonds. The lowest BCUT2D eigenvalue weighted by Crippen LogP contribution is -2.18. The summed E-state index contributed by atoms with van der Waals surface area (Å²) in [5.41, 5.74) is 1.96. The van der Waals surface area contributed by atoms with Crippen molar-refractivity contribution in [3.63, 3.8) is 0 Å². The largest absolute Gasteiger partial charge is 0.382 e. The highest BCUT2D eigenvalue weighted by molar-refractivity contribution is 7.19. The zero-order valence-electron chi connectivity index (χ0n) is 11.7. The Kier molecular flexibility index (Phi) is 5.14. The summed E-state index contributed by atoms with van der Waals surface area (Å²) in [6, 6.07) is 8.62. The average molecular weight is 285 g/mol. The zero-order valence-corrected chi connectivity index (χ0v) is 12.5. The van der Waals surface area contributed by atoms with Gasteiger partial charge in [-0.1, -0.05) is 25.8 Å². The molecule has 104 valence electrons. The Morgan fingerprint density at radius 1 is 1.55 bits per heavy atom. The summed E-state index contributed by atoms with van der Waals surface area (Å²) in [7, 11) is 0. The Labute approximate surface area is 124 Å². The molecule has 3 nitrogen and oxygen atoms in total. The van der Waals surface area contributed by atoms with E-state index in [1.807, 2.05) is 18.2 Å². The van der Waals surface area contributed by atoms with Crippen LogP contribution in [-0.4, -0.2) is 11.0 Å². The first kappa shape index (κ1) is 14.5. The average Bonchev–Trinajstić information content (AvgIpc) is 2.87. The molecule has 2 aromatic rings. The van der Waals surface area contributed by atoms with E-state index in [1.165, 1.54) is 24.2 Å². The summed E-state index contributed by atoms with van der Waals surface area (Å²) in [6.45, 7) is 6.03. The van der Waals surface area contributed by atoms with Crippen molar-refractivity contribution in [2.45, 2.75) is 38.6 Å². The molecule has 1 aromatic carbocycles. The van der Waals surface area contributed by atoms with Crippen molar-refractivity contribution in [3.05, 3.63) is 35.9 Å². The molecule has 1 unspecified atom stereocenters. The monoisotopic (exact) mass is 285 g/mol. The van der Waals surface area contributed by atoms with Crippen molar-refractivity contribution in [2.75, 3.05) is 5.32 Å². The number of hydrogen-bond donors (Lipinski definition) is 1. The predicted octanol–water partition coefficient (Wildman–Crippen LogP) is 4.71.